The minimum Gasteiger partial charge on any atom is -0.454 e. The number of ketones is 1. The second-order valence-corrected chi connectivity index (χ2v) is 4.64. The van der Waals surface area contributed by atoms with Crippen molar-refractivity contribution in [1.82, 2.24) is 0 Å². The molecule has 0 saturated heterocycles. The van der Waals surface area contributed by atoms with Gasteiger partial charge >= 0.3 is 12.1 Å². The molecule has 3 nitrogen and oxygen atoms in total. The predicted octanol–water partition coefficient (Wildman–Crippen LogP) is 3.19. The van der Waals surface area contributed by atoms with E-state index in [1.54, 1.807) is 0 Å². The Kier molecular flexibility index (Phi) is 3.22. The first kappa shape index (κ1) is 15.0. The summed E-state index contributed by atoms with van der Waals surface area (Å²) < 4.78 is 67.8. The van der Waals surface area contributed by atoms with Crippen molar-refractivity contribution in [2.45, 2.75) is 24.3 Å². The van der Waals surface area contributed by atoms with Crippen molar-refractivity contribution in [2.75, 3.05) is 0 Å². The Morgan fingerprint density at radius 1 is 1.25 bits per heavy atom. The first-order valence-corrected chi connectivity index (χ1v) is 5.54. The van der Waals surface area contributed by atoms with Crippen molar-refractivity contribution >= 4 is 17.4 Å². The molecule has 1 atom stereocenters. The molecule has 1 unspecified atom stereocenters. The van der Waals surface area contributed by atoms with Crippen LogP contribution in [0.1, 0.15) is 16.8 Å². The number of fused-ring (bicyclic) bond motifs is 1. The Morgan fingerprint density at radius 2 is 1.85 bits per heavy atom. The van der Waals surface area contributed by atoms with Crippen LogP contribution < -0.4 is 4.74 Å². The average Bonchev–Trinajstić information content (AvgIpc) is 2.28. The Balaban J connectivity index is 2.49. The molecule has 1 aromatic carbocycles. The van der Waals surface area contributed by atoms with E-state index in [1.807, 2.05) is 0 Å². The van der Waals surface area contributed by atoms with Crippen molar-refractivity contribution < 1.29 is 36.6 Å². The van der Waals surface area contributed by atoms with Crippen LogP contribution >= 0.6 is 11.6 Å². The topological polar surface area (TPSA) is 46.5 Å². The van der Waals surface area contributed by atoms with Crippen LogP contribution in [0.4, 0.5) is 22.0 Å². The summed E-state index contributed by atoms with van der Waals surface area (Å²) in [6.07, 6.45) is -7.60. The molecule has 0 radical (unpaired) electrons. The number of hydrogen-bond acceptors (Lipinski definition) is 3. The monoisotopic (exact) mass is 316 g/mol. The van der Waals surface area contributed by atoms with E-state index in [4.69, 9.17) is 11.6 Å². The minimum absolute atomic E-state index is 0.0775. The van der Waals surface area contributed by atoms with E-state index in [2.05, 4.69) is 4.74 Å². The summed E-state index contributed by atoms with van der Waals surface area (Å²) >= 11 is 5.58. The summed E-state index contributed by atoms with van der Waals surface area (Å²) in [5.41, 5.74) is -0.264. The highest BCUT2D eigenvalue weighted by atomic mass is 35.5. The van der Waals surface area contributed by atoms with Gasteiger partial charge in [0.05, 0.1) is 12.0 Å². The predicted molar refractivity (Wildman–Crippen MR) is 57.0 cm³/mol. The molecule has 1 N–H and O–H groups in total. The lowest BCUT2D eigenvalue weighted by Gasteiger charge is -2.38. The molecule has 0 aliphatic carbocycles. The SMILES string of the molecule is O=C1CC(O)(C(F)(F)C(F)(F)F)Oc2ccc(Cl)cc21. The lowest BCUT2D eigenvalue weighted by molar-refractivity contribution is -0.384. The third-order valence-electron chi connectivity index (χ3n) is 2.77. The first-order valence-electron chi connectivity index (χ1n) is 5.17. The third-order valence-corrected chi connectivity index (χ3v) is 3.00. The highest BCUT2D eigenvalue weighted by Crippen LogP contribution is 2.48. The maximum absolute atomic E-state index is 13.3. The fraction of sp³-hybridized carbons (Fsp3) is 0.364. The molecule has 0 fully saturated rings. The molecule has 110 valence electrons. The molecule has 0 saturated carbocycles. The molecular formula is C11H6ClF5O3. The van der Waals surface area contributed by atoms with Crippen LogP contribution in [-0.2, 0) is 0 Å². The van der Waals surface area contributed by atoms with Crippen molar-refractivity contribution in [2.24, 2.45) is 0 Å². The molecule has 0 bridgehead atoms. The number of benzene rings is 1. The summed E-state index contributed by atoms with van der Waals surface area (Å²) in [5.74, 6) is -11.3. The molecule has 2 rings (SSSR count). The van der Waals surface area contributed by atoms with Crippen LogP contribution in [0.5, 0.6) is 5.75 Å². The number of ether oxygens (including phenoxy) is 1. The Morgan fingerprint density at radius 3 is 2.40 bits per heavy atom. The summed E-state index contributed by atoms with van der Waals surface area (Å²) in [7, 11) is 0. The molecule has 1 heterocycles. The van der Waals surface area contributed by atoms with Crippen molar-refractivity contribution in [3.8, 4) is 5.75 Å². The molecular weight excluding hydrogens is 311 g/mol. The largest absolute Gasteiger partial charge is 0.460 e. The van der Waals surface area contributed by atoms with Gasteiger partial charge < -0.3 is 9.84 Å². The van der Waals surface area contributed by atoms with Gasteiger partial charge in [-0.05, 0) is 18.2 Å². The number of halogens is 6. The number of alkyl halides is 5. The minimum atomic E-state index is -6.06. The van der Waals surface area contributed by atoms with Gasteiger partial charge in [-0.3, -0.25) is 4.79 Å². The van der Waals surface area contributed by atoms with Crippen molar-refractivity contribution in [3.05, 3.63) is 28.8 Å². The van der Waals surface area contributed by atoms with Gasteiger partial charge in [0.25, 0.3) is 5.79 Å². The zero-order chi connectivity index (χ0) is 15.3. The summed E-state index contributed by atoms with van der Waals surface area (Å²) in [6, 6.07) is 3.13. The van der Waals surface area contributed by atoms with Crippen LogP contribution in [0.2, 0.25) is 5.02 Å². The maximum Gasteiger partial charge on any atom is 0.460 e. The highest BCUT2D eigenvalue weighted by Gasteiger charge is 2.73. The van der Waals surface area contributed by atoms with Crippen LogP contribution in [0, 0.1) is 0 Å². The van der Waals surface area contributed by atoms with E-state index in [1.165, 1.54) is 0 Å². The van der Waals surface area contributed by atoms with Crippen molar-refractivity contribution in [3.63, 3.8) is 0 Å². The lowest BCUT2D eigenvalue weighted by atomic mass is 9.94. The van der Waals surface area contributed by atoms with Crippen LogP contribution in [-0.4, -0.2) is 28.8 Å². The first-order chi connectivity index (χ1) is 8.98. The Bertz CT molecular complexity index is 572. The van der Waals surface area contributed by atoms with Gasteiger partial charge in [-0.25, -0.2) is 0 Å². The average molecular weight is 317 g/mol. The van der Waals surface area contributed by atoms with Gasteiger partial charge in [-0.15, -0.1) is 0 Å². The number of carbonyl (C=O) groups is 1. The molecule has 0 spiro atoms. The third kappa shape index (κ3) is 2.12. The van der Waals surface area contributed by atoms with Crippen LogP contribution in [0.15, 0.2) is 18.2 Å². The van der Waals surface area contributed by atoms with Gasteiger partial charge in [0.1, 0.15) is 5.75 Å². The molecule has 1 aromatic rings. The molecule has 0 aromatic heterocycles. The molecule has 1 aliphatic rings. The standard InChI is InChI=1S/C11H6ClF5O3/c12-5-1-2-8-6(3-5)7(18)4-9(19,20-8)10(13,14)11(15,16)17/h1-3,19H,4H2. The van der Waals surface area contributed by atoms with E-state index >= 15 is 0 Å². The van der Waals surface area contributed by atoms with Crippen molar-refractivity contribution in [1.29, 1.82) is 0 Å². The molecule has 9 heteroatoms. The fourth-order valence-corrected chi connectivity index (χ4v) is 1.91. The van der Waals surface area contributed by atoms with Gasteiger partial charge in [0, 0.05) is 5.02 Å². The normalized spacial score (nSPS) is 23.2. The molecule has 20 heavy (non-hydrogen) atoms. The van der Waals surface area contributed by atoms with Gasteiger partial charge in [-0.2, -0.15) is 22.0 Å². The second kappa shape index (κ2) is 4.29. The van der Waals surface area contributed by atoms with E-state index in [0.29, 0.717) is 0 Å². The van der Waals surface area contributed by atoms with Crippen LogP contribution in [0.25, 0.3) is 0 Å². The van der Waals surface area contributed by atoms with Crippen LogP contribution in [0.3, 0.4) is 0 Å². The van der Waals surface area contributed by atoms with Gasteiger partial charge in [-0.1, -0.05) is 11.6 Å². The van der Waals surface area contributed by atoms with E-state index in [9.17, 15) is 31.9 Å². The zero-order valence-corrected chi connectivity index (χ0v) is 10.2. The van der Waals surface area contributed by atoms with E-state index in [0.717, 1.165) is 18.2 Å². The van der Waals surface area contributed by atoms with Gasteiger partial charge in [0.15, 0.2) is 5.78 Å². The summed E-state index contributed by atoms with van der Waals surface area (Å²) in [6.45, 7) is 0. The Labute approximate surface area is 113 Å². The Hall–Kier alpha value is -1.41. The van der Waals surface area contributed by atoms with Gasteiger partial charge in [0.2, 0.25) is 0 Å². The lowest BCUT2D eigenvalue weighted by Crippen LogP contribution is -2.62. The quantitative estimate of drug-likeness (QED) is 0.809. The fourth-order valence-electron chi connectivity index (χ4n) is 1.74. The number of aliphatic hydroxyl groups is 1. The number of carbonyl (C=O) groups excluding carboxylic acids is 1. The van der Waals surface area contributed by atoms with E-state index in [-0.39, 0.29) is 10.6 Å². The summed E-state index contributed by atoms with van der Waals surface area (Å²) in [4.78, 5) is 11.6. The number of hydrogen-bond donors (Lipinski definition) is 1. The summed E-state index contributed by atoms with van der Waals surface area (Å²) in [5, 5.41) is 9.55. The van der Waals surface area contributed by atoms with E-state index < -0.39 is 35.8 Å². The zero-order valence-electron chi connectivity index (χ0n) is 9.47. The molecule has 1 aliphatic heterocycles. The smallest absolute Gasteiger partial charge is 0.454 e. The second-order valence-electron chi connectivity index (χ2n) is 4.20. The maximum atomic E-state index is 13.3. The molecule has 0 amide bonds. The number of rotatable bonds is 1. The number of Topliss-reactive ketones (excluding diaryl/α,β-unsaturated/α-hetero) is 1. The highest BCUT2D eigenvalue weighted by molar-refractivity contribution is 6.31.